The van der Waals surface area contributed by atoms with Gasteiger partial charge in [0.2, 0.25) is 0 Å². The number of carbonyl (C=O) groups excluding carboxylic acids is 1. The first kappa shape index (κ1) is 11.7. The predicted molar refractivity (Wildman–Crippen MR) is 53.7 cm³/mol. The van der Waals surface area contributed by atoms with Crippen LogP contribution in [-0.4, -0.2) is 17.0 Å². The maximum Gasteiger partial charge on any atom is 0.311 e. The predicted octanol–water partition coefficient (Wildman–Crippen LogP) is 1.33. The van der Waals surface area contributed by atoms with E-state index in [1.165, 1.54) is 12.1 Å². The normalized spacial score (nSPS) is 9.19. The zero-order chi connectivity index (χ0) is 12.0. The van der Waals surface area contributed by atoms with Gasteiger partial charge in [-0.1, -0.05) is 12.1 Å². The standard InChI is InChI=1S/C11H9NO4/c12-7-8-3-1-2-4-9(8)16-11(15)6-5-10(13)14/h1-4H,5-6H2,(H,13,14). The van der Waals surface area contributed by atoms with Gasteiger partial charge in [0.15, 0.2) is 0 Å². The molecule has 82 valence electrons. The van der Waals surface area contributed by atoms with Crippen LogP contribution < -0.4 is 4.74 Å². The lowest BCUT2D eigenvalue weighted by atomic mass is 10.2. The number of carbonyl (C=O) groups is 2. The number of esters is 1. The average Bonchev–Trinajstić information content (AvgIpc) is 2.27. The van der Waals surface area contributed by atoms with E-state index in [2.05, 4.69) is 0 Å². The van der Waals surface area contributed by atoms with Gasteiger partial charge in [0.05, 0.1) is 18.4 Å². The van der Waals surface area contributed by atoms with E-state index < -0.39 is 11.9 Å². The van der Waals surface area contributed by atoms with Gasteiger partial charge in [0, 0.05) is 0 Å². The topological polar surface area (TPSA) is 87.4 Å². The number of nitrogens with zero attached hydrogens (tertiary/aromatic N) is 1. The Morgan fingerprint density at radius 2 is 2.00 bits per heavy atom. The zero-order valence-corrected chi connectivity index (χ0v) is 8.34. The number of ether oxygens (including phenoxy) is 1. The van der Waals surface area contributed by atoms with Crippen molar-refractivity contribution in [2.75, 3.05) is 0 Å². The van der Waals surface area contributed by atoms with Crippen LogP contribution in [-0.2, 0) is 9.59 Å². The molecule has 0 aliphatic rings. The minimum Gasteiger partial charge on any atom is -0.481 e. The lowest BCUT2D eigenvalue weighted by molar-refractivity contribution is -0.142. The maximum absolute atomic E-state index is 11.2. The molecule has 0 aliphatic heterocycles. The summed E-state index contributed by atoms with van der Waals surface area (Å²) in [5.41, 5.74) is 0.242. The van der Waals surface area contributed by atoms with Crippen LogP contribution in [0.3, 0.4) is 0 Å². The van der Waals surface area contributed by atoms with Crippen LogP contribution in [0.15, 0.2) is 24.3 Å². The van der Waals surface area contributed by atoms with E-state index in [-0.39, 0.29) is 24.2 Å². The van der Waals surface area contributed by atoms with Crippen molar-refractivity contribution in [2.45, 2.75) is 12.8 Å². The molecular formula is C11H9NO4. The Morgan fingerprint density at radius 1 is 1.31 bits per heavy atom. The molecule has 1 rings (SSSR count). The summed E-state index contributed by atoms with van der Waals surface area (Å²) < 4.78 is 4.86. The van der Waals surface area contributed by atoms with Crippen LogP contribution in [0.25, 0.3) is 0 Å². The smallest absolute Gasteiger partial charge is 0.311 e. The molecule has 1 N–H and O–H groups in total. The number of hydrogen-bond acceptors (Lipinski definition) is 4. The monoisotopic (exact) mass is 219 g/mol. The molecule has 0 saturated carbocycles. The molecule has 16 heavy (non-hydrogen) atoms. The molecule has 0 amide bonds. The van der Waals surface area contributed by atoms with Gasteiger partial charge in [-0.05, 0) is 12.1 Å². The Hall–Kier alpha value is -2.35. The highest BCUT2D eigenvalue weighted by atomic mass is 16.5. The van der Waals surface area contributed by atoms with Crippen molar-refractivity contribution in [3.8, 4) is 11.8 Å². The Kier molecular flexibility index (Phi) is 4.04. The lowest BCUT2D eigenvalue weighted by Crippen LogP contribution is -2.10. The third-order valence-electron chi connectivity index (χ3n) is 1.77. The second-order valence-electron chi connectivity index (χ2n) is 2.98. The van der Waals surface area contributed by atoms with Gasteiger partial charge in [-0.25, -0.2) is 0 Å². The summed E-state index contributed by atoms with van der Waals surface area (Å²) in [5.74, 6) is -1.57. The fraction of sp³-hybridized carbons (Fsp3) is 0.182. The van der Waals surface area contributed by atoms with Crippen molar-refractivity contribution in [3.63, 3.8) is 0 Å². The summed E-state index contributed by atoms with van der Waals surface area (Å²) in [5, 5.41) is 17.1. The molecule has 5 heteroatoms. The molecule has 0 atom stereocenters. The fourth-order valence-corrected chi connectivity index (χ4v) is 1.03. The molecule has 0 radical (unpaired) electrons. The van der Waals surface area contributed by atoms with Crippen molar-refractivity contribution in [1.29, 1.82) is 5.26 Å². The summed E-state index contributed by atoms with van der Waals surface area (Å²) in [7, 11) is 0. The first-order valence-corrected chi connectivity index (χ1v) is 4.55. The van der Waals surface area contributed by atoms with E-state index in [0.717, 1.165) is 0 Å². The number of rotatable bonds is 4. The molecule has 0 saturated heterocycles. The van der Waals surface area contributed by atoms with Crippen molar-refractivity contribution >= 4 is 11.9 Å². The number of carboxylic acids is 1. The summed E-state index contributed by atoms with van der Waals surface area (Å²) in [4.78, 5) is 21.4. The second kappa shape index (κ2) is 5.51. The summed E-state index contributed by atoms with van der Waals surface area (Å²) in [6.07, 6.45) is -0.497. The molecule has 0 heterocycles. The maximum atomic E-state index is 11.2. The van der Waals surface area contributed by atoms with E-state index in [0.29, 0.717) is 0 Å². The van der Waals surface area contributed by atoms with Crippen LogP contribution in [0, 0.1) is 11.3 Å². The zero-order valence-electron chi connectivity index (χ0n) is 8.34. The third-order valence-corrected chi connectivity index (χ3v) is 1.77. The highest BCUT2D eigenvalue weighted by Crippen LogP contribution is 2.17. The number of benzene rings is 1. The minimum absolute atomic E-state index is 0.153. The van der Waals surface area contributed by atoms with E-state index in [1.807, 2.05) is 6.07 Å². The third kappa shape index (κ3) is 3.42. The Labute approximate surface area is 91.9 Å². The Balaban J connectivity index is 2.63. The van der Waals surface area contributed by atoms with E-state index in [1.54, 1.807) is 12.1 Å². The van der Waals surface area contributed by atoms with Gasteiger partial charge in [-0.2, -0.15) is 5.26 Å². The molecule has 0 bridgehead atoms. The molecule has 5 nitrogen and oxygen atoms in total. The first-order valence-electron chi connectivity index (χ1n) is 4.55. The molecule has 0 aromatic heterocycles. The number of para-hydroxylation sites is 1. The largest absolute Gasteiger partial charge is 0.481 e. The molecule has 0 unspecified atom stereocenters. The highest BCUT2D eigenvalue weighted by molar-refractivity contribution is 5.78. The van der Waals surface area contributed by atoms with Crippen LogP contribution in [0.1, 0.15) is 18.4 Å². The van der Waals surface area contributed by atoms with Gasteiger partial charge in [0.1, 0.15) is 11.8 Å². The number of nitriles is 1. The van der Waals surface area contributed by atoms with Gasteiger partial charge in [-0.3, -0.25) is 9.59 Å². The molecule has 1 aromatic rings. The first-order chi connectivity index (χ1) is 7.63. The Morgan fingerprint density at radius 3 is 2.62 bits per heavy atom. The molecular weight excluding hydrogens is 210 g/mol. The van der Waals surface area contributed by atoms with Gasteiger partial charge in [0.25, 0.3) is 0 Å². The fourth-order valence-electron chi connectivity index (χ4n) is 1.03. The quantitative estimate of drug-likeness (QED) is 0.609. The van der Waals surface area contributed by atoms with Crippen molar-refractivity contribution in [3.05, 3.63) is 29.8 Å². The van der Waals surface area contributed by atoms with Crippen molar-refractivity contribution in [1.82, 2.24) is 0 Å². The SMILES string of the molecule is N#Cc1ccccc1OC(=O)CCC(=O)O. The lowest BCUT2D eigenvalue weighted by Gasteiger charge is -2.04. The van der Waals surface area contributed by atoms with Crippen LogP contribution in [0.4, 0.5) is 0 Å². The summed E-state index contributed by atoms with van der Waals surface area (Å²) in [6, 6.07) is 8.14. The van der Waals surface area contributed by atoms with Crippen LogP contribution >= 0.6 is 0 Å². The van der Waals surface area contributed by atoms with E-state index in [9.17, 15) is 9.59 Å². The van der Waals surface area contributed by atoms with Crippen LogP contribution in [0.2, 0.25) is 0 Å². The summed E-state index contributed by atoms with van der Waals surface area (Å²) in [6.45, 7) is 0. The van der Waals surface area contributed by atoms with Crippen molar-refractivity contribution in [2.24, 2.45) is 0 Å². The second-order valence-corrected chi connectivity index (χ2v) is 2.98. The number of hydrogen-bond donors (Lipinski definition) is 1. The number of aliphatic carboxylic acids is 1. The Bertz CT molecular complexity index is 448. The van der Waals surface area contributed by atoms with Crippen LogP contribution in [0.5, 0.6) is 5.75 Å². The highest BCUT2D eigenvalue weighted by Gasteiger charge is 2.10. The number of carboxylic acid groups (broad SMARTS) is 1. The minimum atomic E-state index is -1.06. The van der Waals surface area contributed by atoms with Gasteiger partial charge in [-0.15, -0.1) is 0 Å². The van der Waals surface area contributed by atoms with E-state index in [4.69, 9.17) is 15.1 Å². The van der Waals surface area contributed by atoms with Crippen molar-refractivity contribution < 1.29 is 19.4 Å². The van der Waals surface area contributed by atoms with Gasteiger partial charge < -0.3 is 9.84 Å². The average molecular weight is 219 g/mol. The molecule has 0 fully saturated rings. The van der Waals surface area contributed by atoms with E-state index >= 15 is 0 Å². The molecule has 0 spiro atoms. The molecule has 0 aliphatic carbocycles. The summed E-state index contributed by atoms with van der Waals surface area (Å²) >= 11 is 0. The van der Waals surface area contributed by atoms with Gasteiger partial charge >= 0.3 is 11.9 Å². The molecule has 1 aromatic carbocycles.